The van der Waals surface area contributed by atoms with E-state index in [0.717, 1.165) is 5.56 Å². The van der Waals surface area contributed by atoms with Gasteiger partial charge in [-0.3, -0.25) is 4.79 Å². The number of ether oxygens (including phenoxy) is 1. The summed E-state index contributed by atoms with van der Waals surface area (Å²) in [6, 6.07) is 12.7. The first kappa shape index (κ1) is 18.1. The van der Waals surface area contributed by atoms with Gasteiger partial charge in [-0.1, -0.05) is 36.4 Å². The second kappa shape index (κ2) is 8.54. The molecule has 2 aromatic rings. The number of methoxy groups -OCH3 is 1. The molecule has 3 N–H and O–H groups in total. The topological polar surface area (TPSA) is 95.9 Å². The van der Waals surface area contributed by atoms with Crippen LogP contribution in [0.3, 0.4) is 0 Å². The van der Waals surface area contributed by atoms with E-state index in [-0.39, 0.29) is 17.9 Å². The first-order valence-electron chi connectivity index (χ1n) is 7.62. The number of aromatic hydroxyl groups is 1. The third kappa shape index (κ3) is 5.39. The molecule has 0 saturated heterocycles. The van der Waals surface area contributed by atoms with E-state index in [2.05, 4.69) is 5.32 Å². The number of rotatable bonds is 7. The molecular weight excluding hydrogens is 322 g/mol. The predicted molar refractivity (Wildman–Crippen MR) is 93.4 cm³/mol. The smallest absolute Gasteiger partial charge is 0.326 e. The van der Waals surface area contributed by atoms with E-state index < -0.39 is 17.9 Å². The van der Waals surface area contributed by atoms with Crippen molar-refractivity contribution < 1.29 is 24.5 Å². The minimum Gasteiger partial charge on any atom is -0.504 e. The van der Waals surface area contributed by atoms with Crippen molar-refractivity contribution in [2.75, 3.05) is 7.11 Å². The summed E-state index contributed by atoms with van der Waals surface area (Å²) in [5, 5.41) is 21.3. The summed E-state index contributed by atoms with van der Waals surface area (Å²) in [7, 11) is 1.43. The van der Waals surface area contributed by atoms with Gasteiger partial charge in [0.05, 0.1) is 7.11 Å². The van der Waals surface area contributed by atoms with E-state index in [9.17, 15) is 19.8 Å². The molecule has 6 heteroatoms. The largest absolute Gasteiger partial charge is 0.504 e. The molecule has 0 fully saturated rings. The standard InChI is InChI=1S/C19H19NO5/c1-25-17-12-14(7-9-16(17)21)8-10-18(22)20-15(19(23)24)11-13-5-3-2-4-6-13/h2-10,12,15,21H,11H2,1H3,(H,20,22)(H,23,24)/b10-8+/t15-/m0/s1. The number of phenolic OH excluding ortho intramolecular Hbond substituents is 1. The highest BCUT2D eigenvalue weighted by atomic mass is 16.5. The van der Waals surface area contributed by atoms with Crippen LogP contribution in [0.1, 0.15) is 11.1 Å². The molecule has 1 atom stereocenters. The van der Waals surface area contributed by atoms with Crippen molar-refractivity contribution in [2.45, 2.75) is 12.5 Å². The Morgan fingerprint density at radius 1 is 1.20 bits per heavy atom. The lowest BCUT2D eigenvalue weighted by Gasteiger charge is -2.13. The van der Waals surface area contributed by atoms with E-state index in [1.165, 1.54) is 25.3 Å². The van der Waals surface area contributed by atoms with Crippen molar-refractivity contribution in [1.82, 2.24) is 5.32 Å². The summed E-state index contributed by atoms with van der Waals surface area (Å²) < 4.78 is 4.99. The fraction of sp³-hybridized carbons (Fsp3) is 0.158. The van der Waals surface area contributed by atoms with Crippen molar-refractivity contribution in [2.24, 2.45) is 0 Å². The number of benzene rings is 2. The molecule has 0 bridgehead atoms. The van der Waals surface area contributed by atoms with Crippen LogP contribution in [0.5, 0.6) is 11.5 Å². The van der Waals surface area contributed by atoms with Gasteiger partial charge in [-0.2, -0.15) is 0 Å². The number of carboxylic acid groups (broad SMARTS) is 1. The fourth-order valence-corrected chi connectivity index (χ4v) is 2.24. The number of nitrogens with one attached hydrogen (secondary N) is 1. The zero-order valence-corrected chi connectivity index (χ0v) is 13.7. The molecule has 0 radical (unpaired) electrons. The molecule has 6 nitrogen and oxygen atoms in total. The number of carbonyl (C=O) groups is 2. The Hall–Kier alpha value is -3.28. The quantitative estimate of drug-likeness (QED) is 0.671. The summed E-state index contributed by atoms with van der Waals surface area (Å²) in [6.45, 7) is 0. The molecule has 0 unspecified atom stereocenters. The summed E-state index contributed by atoms with van der Waals surface area (Å²) >= 11 is 0. The van der Waals surface area contributed by atoms with Crippen molar-refractivity contribution in [3.8, 4) is 11.5 Å². The van der Waals surface area contributed by atoms with E-state index in [4.69, 9.17) is 4.74 Å². The summed E-state index contributed by atoms with van der Waals surface area (Å²) in [4.78, 5) is 23.4. The highest BCUT2D eigenvalue weighted by molar-refractivity contribution is 5.94. The molecule has 0 aliphatic rings. The van der Waals surface area contributed by atoms with Crippen LogP contribution in [-0.4, -0.2) is 35.2 Å². The fourth-order valence-electron chi connectivity index (χ4n) is 2.24. The van der Waals surface area contributed by atoms with Crippen molar-refractivity contribution in [3.05, 3.63) is 65.7 Å². The Bertz CT molecular complexity index is 771. The number of carbonyl (C=O) groups excluding carboxylic acids is 1. The van der Waals surface area contributed by atoms with Crippen LogP contribution < -0.4 is 10.1 Å². The Morgan fingerprint density at radius 3 is 2.56 bits per heavy atom. The monoisotopic (exact) mass is 341 g/mol. The first-order chi connectivity index (χ1) is 12.0. The highest BCUT2D eigenvalue weighted by Crippen LogP contribution is 2.26. The maximum atomic E-state index is 12.0. The summed E-state index contributed by atoms with van der Waals surface area (Å²) in [5.74, 6) is -1.33. The van der Waals surface area contributed by atoms with Gasteiger partial charge >= 0.3 is 5.97 Å². The summed E-state index contributed by atoms with van der Waals surface area (Å²) in [6.07, 6.45) is 2.95. The third-order valence-corrected chi connectivity index (χ3v) is 3.53. The molecule has 0 spiro atoms. The molecule has 0 aromatic heterocycles. The van der Waals surface area contributed by atoms with Crippen LogP contribution in [0, 0.1) is 0 Å². The Labute approximate surface area is 145 Å². The van der Waals surface area contributed by atoms with Gasteiger partial charge in [0.25, 0.3) is 0 Å². The highest BCUT2D eigenvalue weighted by Gasteiger charge is 2.19. The Morgan fingerprint density at radius 2 is 1.92 bits per heavy atom. The third-order valence-electron chi connectivity index (χ3n) is 3.53. The molecule has 130 valence electrons. The van der Waals surface area contributed by atoms with Crippen LogP contribution in [-0.2, 0) is 16.0 Å². The lowest BCUT2D eigenvalue weighted by molar-refractivity contribution is -0.141. The number of aliphatic carboxylic acids is 1. The van der Waals surface area contributed by atoms with E-state index in [0.29, 0.717) is 5.56 Å². The lowest BCUT2D eigenvalue weighted by Crippen LogP contribution is -2.41. The summed E-state index contributed by atoms with van der Waals surface area (Å²) in [5.41, 5.74) is 1.46. The lowest BCUT2D eigenvalue weighted by atomic mass is 10.1. The predicted octanol–water partition coefficient (Wildman–Crippen LogP) is 2.23. The van der Waals surface area contributed by atoms with Crippen LogP contribution in [0.15, 0.2) is 54.6 Å². The molecule has 0 heterocycles. The maximum Gasteiger partial charge on any atom is 0.326 e. The average molecular weight is 341 g/mol. The van der Waals surface area contributed by atoms with Gasteiger partial charge < -0.3 is 20.3 Å². The van der Waals surface area contributed by atoms with Gasteiger partial charge in [-0.05, 0) is 29.3 Å². The molecule has 0 aliphatic carbocycles. The number of phenols is 1. The molecule has 0 saturated carbocycles. The van der Waals surface area contributed by atoms with Crippen LogP contribution in [0.2, 0.25) is 0 Å². The SMILES string of the molecule is COc1cc(/C=C/C(=O)N[C@@H](Cc2ccccc2)C(=O)O)ccc1O. The minimum absolute atomic E-state index is 0.00194. The number of hydrogen-bond donors (Lipinski definition) is 3. The van der Waals surface area contributed by atoms with Crippen LogP contribution in [0.4, 0.5) is 0 Å². The van der Waals surface area contributed by atoms with Crippen molar-refractivity contribution in [3.63, 3.8) is 0 Å². The zero-order chi connectivity index (χ0) is 18.2. The van der Waals surface area contributed by atoms with E-state index in [1.54, 1.807) is 24.3 Å². The number of carboxylic acids is 1. The van der Waals surface area contributed by atoms with E-state index in [1.807, 2.05) is 18.2 Å². The van der Waals surface area contributed by atoms with Gasteiger partial charge in [0.1, 0.15) is 6.04 Å². The maximum absolute atomic E-state index is 12.0. The van der Waals surface area contributed by atoms with Gasteiger partial charge in [0.15, 0.2) is 11.5 Å². The molecular formula is C19H19NO5. The first-order valence-corrected chi connectivity index (χ1v) is 7.62. The molecule has 2 rings (SSSR count). The molecule has 2 aromatic carbocycles. The van der Waals surface area contributed by atoms with Crippen LogP contribution in [0.25, 0.3) is 6.08 Å². The molecule has 0 aliphatic heterocycles. The second-order valence-electron chi connectivity index (χ2n) is 5.35. The minimum atomic E-state index is -1.10. The van der Waals surface area contributed by atoms with E-state index >= 15 is 0 Å². The van der Waals surface area contributed by atoms with Gasteiger partial charge in [-0.25, -0.2) is 4.79 Å². The molecule has 25 heavy (non-hydrogen) atoms. The Balaban J connectivity index is 2.02. The van der Waals surface area contributed by atoms with Gasteiger partial charge in [0.2, 0.25) is 5.91 Å². The number of hydrogen-bond acceptors (Lipinski definition) is 4. The van der Waals surface area contributed by atoms with Crippen molar-refractivity contribution >= 4 is 18.0 Å². The van der Waals surface area contributed by atoms with Gasteiger partial charge in [0, 0.05) is 12.5 Å². The normalized spacial score (nSPS) is 11.9. The number of amides is 1. The average Bonchev–Trinajstić information content (AvgIpc) is 2.61. The second-order valence-corrected chi connectivity index (χ2v) is 5.35. The van der Waals surface area contributed by atoms with Gasteiger partial charge in [-0.15, -0.1) is 0 Å². The van der Waals surface area contributed by atoms with Crippen molar-refractivity contribution in [1.29, 1.82) is 0 Å². The zero-order valence-electron chi connectivity index (χ0n) is 13.7. The van der Waals surface area contributed by atoms with Crippen LogP contribution >= 0.6 is 0 Å². The molecule has 1 amide bonds. The Kier molecular flexibility index (Phi) is 6.17.